The first-order chi connectivity index (χ1) is 5.07. The van der Waals surface area contributed by atoms with Gasteiger partial charge in [0, 0.05) is 5.71 Å². The van der Waals surface area contributed by atoms with E-state index >= 15 is 0 Å². The molecule has 0 radical (unpaired) electrons. The molecule has 0 aliphatic carbocycles. The Labute approximate surface area is 66.8 Å². The summed E-state index contributed by atoms with van der Waals surface area (Å²) in [6.07, 6.45) is 0.831. The maximum absolute atomic E-state index is 10.2. The third-order valence-electron chi connectivity index (χ3n) is 1.34. The van der Waals surface area contributed by atoms with Gasteiger partial charge in [0.15, 0.2) is 0 Å². The van der Waals surface area contributed by atoms with Gasteiger partial charge in [0.25, 0.3) is 0 Å². The van der Waals surface area contributed by atoms with Crippen molar-refractivity contribution in [3.05, 3.63) is 0 Å². The summed E-state index contributed by atoms with van der Waals surface area (Å²) in [4.78, 5) is 10.2. The van der Waals surface area contributed by atoms with Crippen LogP contribution in [0.5, 0.6) is 0 Å². The van der Waals surface area contributed by atoms with Gasteiger partial charge >= 0.3 is 6.03 Å². The van der Waals surface area contributed by atoms with Crippen LogP contribution in [0.4, 0.5) is 4.79 Å². The second-order valence-electron chi connectivity index (χ2n) is 2.59. The third-order valence-corrected chi connectivity index (χ3v) is 1.34. The number of hydrogen-bond acceptors (Lipinski definition) is 2. The molecule has 0 fully saturated rings. The van der Waals surface area contributed by atoms with Crippen LogP contribution in [-0.4, -0.2) is 11.7 Å². The number of urea groups is 1. The van der Waals surface area contributed by atoms with E-state index in [1.807, 2.05) is 20.8 Å². The Morgan fingerprint density at radius 3 is 2.45 bits per heavy atom. The molecule has 0 unspecified atom stereocenters. The van der Waals surface area contributed by atoms with Crippen LogP contribution in [0.1, 0.15) is 27.2 Å². The molecule has 0 aromatic carbocycles. The van der Waals surface area contributed by atoms with Crippen LogP contribution in [0.15, 0.2) is 5.10 Å². The van der Waals surface area contributed by atoms with Gasteiger partial charge in [0.05, 0.1) is 0 Å². The number of hydrazone groups is 1. The van der Waals surface area contributed by atoms with Crippen molar-refractivity contribution < 1.29 is 4.79 Å². The molecule has 0 heterocycles. The standard InChI is InChI=1S/C7H15N3O/c1-4-6(5(2)3)9-10-7(8)11/h5H,4H2,1-3H3,(H3,8,10,11)/b9-6+. The summed E-state index contributed by atoms with van der Waals surface area (Å²) in [6.45, 7) is 6.03. The molecule has 0 saturated heterocycles. The molecule has 64 valence electrons. The van der Waals surface area contributed by atoms with Crippen LogP contribution in [0.2, 0.25) is 0 Å². The van der Waals surface area contributed by atoms with Crippen molar-refractivity contribution in [2.75, 3.05) is 0 Å². The summed E-state index contributed by atoms with van der Waals surface area (Å²) in [5, 5.41) is 3.83. The predicted molar refractivity (Wildman–Crippen MR) is 45.3 cm³/mol. The van der Waals surface area contributed by atoms with Crippen LogP contribution < -0.4 is 11.2 Å². The number of rotatable bonds is 3. The second kappa shape index (κ2) is 4.71. The molecule has 3 N–H and O–H groups in total. The van der Waals surface area contributed by atoms with E-state index in [2.05, 4.69) is 10.5 Å². The quantitative estimate of drug-likeness (QED) is 0.467. The monoisotopic (exact) mass is 157 g/mol. The van der Waals surface area contributed by atoms with E-state index in [0.717, 1.165) is 12.1 Å². The zero-order valence-electron chi connectivity index (χ0n) is 7.22. The fourth-order valence-corrected chi connectivity index (χ4v) is 0.743. The maximum atomic E-state index is 10.2. The van der Waals surface area contributed by atoms with Crippen molar-refractivity contribution in [2.45, 2.75) is 27.2 Å². The summed E-state index contributed by atoms with van der Waals surface area (Å²) in [5.74, 6) is 0.354. The van der Waals surface area contributed by atoms with Crippen molar-refractivity contribution in [1.29, 1.82) is 0 Å². The molecule has 0 rings (SSSR count). The van der Waals surface area contributed by atoms with Gasteiger partial charge in [-0.3, -0.25) is 0 Å². The third kappa shape index (κ3) is 4.36. The molecule has 0 bridgehead atoms. The topological polar surface area (TPSA) is 67.5 Å². The van der Waals surface area contributed by atoms with Crippen molar-refractivity contribution in [3.63, 3.8) is 0 Å². The van der Waals surface area contributed by atoms with Gasteiger partial charge in [-0.1, -0.05) is 20.8 Å². The lowest BCUT2D eigenvalue weighted by atomic mass is 10.1. The Balaban J connectivity index is 4.01. The van der Waals surface area contributed by atoms with Gasteiger partial charge in [0.2, 0.25) is 0 Å². The first-order valence-corrected chi connectivity index (χ1v) is 3.69. The van der Waals surface area contributed by atoms with Gasteiger partial charge in [0.1, 0.15) is 0 Å². The van der Waals surface area contributed by atoms with Gasteiger partial charge in [-0.25, -0.2) is 10.2 Å². The van der Waals surface area contributed by atoms with E-state index in [-0.39, 0.29) is 0 Å². The average Bonchev–Trinajstić information content (AvgIpc) is 1.87. The van der Waals surface area contributed by atoms with Crippen LogP contribution in [0.25, 0.3) is 0 Å². The molecule has 11 heavy (non-hydrogen) atoms. The number of amides is 2. The van der Waals surface area contributed by atoms with Gasteiger partial charge < -0.3 is 5.73 Å². The van der Waals surface area contributed by atoms with E-state index in [4.69, 9.17) is 5.73 Å². The maximum Gasteiger partial charge on any atom is 0.332 e. The molecule has 0 aromatic heterocycles. The average molecular weight is 157 g/mol. The highest BCUT2D eigenvalue weighted by Crippen LogP contribution is 1.99. The number of nitrogens with zero attached hydrogens (tertiary/aromatic N) is 1. The summed E-state index contributed by atoms with van der Waals surface area (Å²) in [6, 6.07) is -0.614. The Hall–Kier alpha value is -1.06. The van der Waals surface area contributed by atoms with Gasteiger partial charge in [-0.05, 0) is 12.3 Å². The number of carbonyl (C=O) groups excluding carboxylic acids is 1. The van der Waals surface area contributed by atoms with Gasteiger partial charge in [-0.2, -0.15) is 5.10 Å². The summed E-state index contributed by atoms with van der Waals surface area (Å²) < 4.78 is 0. The second-order valence-corrected chi connectivity index (χ2v) is 2.59. The highest BCUT2D eigenvalue weighted by Gasteiger charge is 2.01. The smallest absolute Gasteiger partial charge is 0.332 e. The summed E-state index contributed by atoms with van der Waals surface area (Å²) in [5.41, 5.74) is 7.99. The minimum absolute atomic E-state index is 0.354. The lowest BCUT2D eigenvalue weighted by Gasteiger charge is -2.05. The molecule has 0 atom stereocenters. The van der Waals surface area contributed by atoms with E-state index in [9.17, 15) is 4.79 Å². The Kier molecular flexibility index (Phi) is 4.26. The van der Waals surface area contributed by atoms with Crippen molar-refractivity contribution in [1.82, 2.24) is 5.43 Å². The Morgan fingerprint density at radius 2 is 2.18 bits per heavy atom. The Morgan fingerprint density at radius 1 is 1.64 bits per heavy atom. The SMILES string of the molecule is CC/C(=N\NC(N)=O)C(C)C. The molecule has 0 aliphatic heterocycles. The molecule has 0 aromatic rings. The highest BCUT2D eigenvalue weighted by atomic mass is 16.2. The zero-order chi connectivity index (χ0) is 8.85. The predicted octanol–water partition coefficient (Wildman–Crippen LogP) is 1.08. The van der Waals surface area contributed by atoms with E-state index < -0.39 is 6.03 Å². The molecule has 0 spiro atoms. The fraction of sp³-hybridized carbons (Fsp3) is 0.714. The first-order valence-electron chi connectivity index (χ1n) is 3.69. The molecular weight excluding hydrogens is 142 g/mol. The number of carbonyl (C=O) groups is 1. The zero-order valence-corrected chi connectivity index (χ0v) is 7.22. The molecule has 0 aliphatic rings. The van der Waals surface area contributed by atoms with Crippen molar-refractivity contribution >= 4 is 11.7 Å². The van der Waals surface area contributed by atoms with Crippen molar-refractivity contribution in [2.24, 2.45) is 16.8 Å². The molecule has 2 amide bonds. The van der Waals surface area contributed by atoms with Crippen LogP contribution >= 0.6 is 0 Å². The van der Waals surface area contributed by atoms with Crippen LogP contribution in [0.3, 0.4) is 0 Å². The normalized spacial score (nSPS) is 11.8. The van der Waals surface area contributed by atoms with Crippen LogP contribution in [0, 0.1) is 5.92 Å². The van der Waals surface area contributed by atoms with Gasteiger partial charge in [-0.15, -0.1) is 0 Å². The largest absolute Gasteiger partial charge is 0.350 e. The minimum atomic E-state index is -0.614. The fourth-order valence-electron chi connectivity index (χ4n) is 0.743. The molecular formula is C7H15N3O. The Bertz CT molecular complexity index is 163. The van der Waals surface area contributed by atoms with E-state index in [1.54, 1.807) is 0 Å². The highest BCUT2D eigenvalue weighted by molar-refractivity contribution is 5.87. The van der Waals surface area contributed by atoms with E-state index in [1.165, 1.54) is 0 Å². The first kappa shape index (κ1) is 9.94. The number of hydrogen-bond donors (Lipinski definition) is 2. The summed E-state index contributed by atoms with van der Waals surface area (Å²) >= 11 is 0. The number of primary amides is 1. The molecule has 0 saturated carbocycles. The lowest BCUT2D eigenvalue weighted by Crippen LogP contribution is -2.26. The minimum Gasteiger partial charge on any atom is -0.350 e. The van der Waals surface area contributed by atoms with Crippen molar-refractivity contribution in [3.8, 4) is 0 Å². The molecule has 4 heteroatoms. The summed E-state index contributed by atoms with van der Waals surface area (Å²) in [7, 11) is 0. The number of nitrogens with one attached hydrogen (secondary N) is 1. The lowest BCUT2D eigenvalue weighted by molar-refractivity contribution is 0.249. The number of nitrogens with two attached hydrogens (primary N) is 1. The van der Waals surface area contributed by atoms with E-state index in [0.29, 0.717) is 5.92 Å². The van der Waals surface area contributed by atoms with Crippen LogP contribution in [-0.2, 0) is 0 Å². The molecule has 4 nitrogen and oxygen atoms in total.